The van der Waals surface area contributed by atoms with E-state index in [9.17, 15) is 9.18 Å². The van der Waals surface area contributed by atoms with Gasteiger partial charge in [0.25, 0.3) is 5.91 Å². The van der Waals surface area contributed by atoms with Crippen LogP contribution in [0.1, 0.15) is 10.4 Å². The summed E-state index contributed by atoms with van der Waals surface area (Å²) in [6.07, 6.45) is 0. The fraction of sp³-hybridized carbons (Fsp3) is 0.0714. The van der Waals surface area contributed by atoms with E-state index in [2.05, 4.69) is 21.2 Å². The molecule has 0 fully saturated rings. The molecule has 2 rings (SSSR count). The lowest BCUT2D eigenvalue weighted by molar-refractivity contribution is 0.102. The maximum Gasteiger partial charge on any atom is 0.262 e. The van der Waals surface area contributed by atoms with Crippen molar-refractivity contribution in [1.82, 2.24) is 0 Å². The number of rotatable bonds is 3. The molecule has 2 aromatic carbocycles. The van der Waals surface area contributed by atoms with Gasteiger partial charge in [-0.25, -0.2) is 4.39 Å². The van der Waals surface area contributed by atoms with Crippen molar-refractivity contribution >= 4 is 39.1 Å². The van der Waals surface area contributed by atoms with Gasteiger partial charge in [0.15, 0.2) is 0 Å². The minimum atomic E-state index is -0.648. The van der Waals surface area contributed by atoms with Crippen molar-refractivity contribution in [2.75, 3.05) is 12.4 Å². The number of anilines is 1. The molecule has 0 heterocycles. The first-order valence-electron chi connectivity index (χ1n) is 5.62. The fourth-order valence-electron chi connectivity index (χ4n) is 1.66. The third-order valence-electron chi connectivity index (χ3n) is 2.60. The van der Waals surface area contributed by atoms with Crippen molar-refractivity contribution in [1.29, 1.82) is 0 Å². The molecule has 0 aliphatic heterocycles. The van der Waals surface area contributed by atoms with E-state index >= 15 is 0 Å². The zero-order valence-electron chi connectivity index (χ0n) is 10.4. The lowest BCUT2D eigenvalue weighted by Gasteiger charge is -2.10. The Labute approximate surface area is 128 Å². The number of benzene rings is 2. The molecule has 20 heavy (non-hydrogen) atoms. The summed E-state index contributed by atoms with van der Waals surface area (Å²) in [7, 11) is 1.38. The molecule has 0 atom stereocenters. The van der Waals surface area contributed by atoms with Gasteiger partial charge in [0.2, 0.25) is 0 Å². The molecular formula is C14H10BrClFNO2. The van der Waals surface area contributed by atoms with Crippen LogP contribution in [0.2, 0.25) is 5.02 Å². The Balaban J connectivity index is 2.30. The molecule has 1 N–H and O–H groups in total. The van der Waals surface area contributed by atoms with E-state index < -0.39 is 11.7 Å². The SMILES string of the molecule is COc1cccc(F)c1C(=O)Nc1ccc(Br)c(Cl)c1. The molecule has 2 aromatic rings. The maximum atomic E-state index is 13.8. The second-order valence-corrected chi connectivity index (χ2v) is 5.16. The predicted molar refractivity (Wildman–Crippen MR) is 80.1 cm³/mol. The van der Waals surface area contributed by atoms with Gasteiger partial charge >= 0.3 is 0 Å². The van der Waals surface area contributed by atoms with Crippen molar-refractivity contribution in [3.63, 3.8) is 0 Å². The summed E-state index contributed by atoms with van der Waals surface area (Å²) in [5.74, 6) is -1.07. The molecule has 3 nitrogen and oxygen atoms in total. The van der Waals surface area contributed by atoms with Crippen LogP contribution >= 0.6 is 27.5 Å². The minimum absolute atomic E-state index is 0.144. The zero-order chi connectivity index (χ0) is 14.7. The molecule has 0 spiro atoms. The second-order valence-electron chi connectivity index (χ2n) is 3.90. The Kier molecular flexibility index (Phi) is 4.62. The highest BCUT2D eigenvalue weighted by atomic mass is 79.9. The van der Waals surface area contributed by atoms with Crippen molar-refractivity contribution in [2.24, 2.45) is 0 Å². The molecule has 104 valence electrons. The summed E-state index contributed by atoms with van der Waals surface area (Å²) < 4.78 is 19.5. The van der Waals surface area contributed by atoms with Crippen molar-refractivity contribution < 1.29 is 13.9 Å². The summed E-state index contributed by atoms with van der Waals surface area (Å²) >= 11 is 9.19. The number of ether oxygens (including phenoxy) is 1. The van der Waals surface area contributed by atoms with E-state index in [1.165, 1.54) is 25.3 Å². The average molecular weight is 359 g/mol. The quantitative estimate of drug-likeness (QED) is 0.877. The Hall–Kier alpha value is -1.59. The van der Waals surface area contributed by atoms with Gasteiger partial charge in [-0.2, -0.15) is 0 Å². The van der Waals surface area contributed by atoms with Crippen LogP contribution in [0.5, 0.6) is 5.75 Å². The third kappa shape index (κ3) is 3.11. The molecule has 0 aromatic heterocycles. The van der Waals surface area contributed by atoms with Crippen LogP contribution in [0.25, 0.3) is 0 Å². The van der Waals surface area contributed by atoms with Gasteiger partial charge in [-0.1, -0.05) is 17.7 Å². The number of hydrogen-bond donors (Lipinski definition) is 1. The average Bonchev–Trinajstić information content (AvgIpc) is 2.42. The van der Waals surface area contributed by atoms with Gasteiger partial charge in [0.05, 0.1) is 12.1 Å². The van der Waals surface area contributed by atoms with Gasteiger partial charge in [0, 0.05) is 10.2 Å². The molecule has 0 bridgehead atoms. The molecule has 6 heteroatoms. The first-order chi connectivity index (χ1) is 9.52. The van der Waals surface area contributed by atoms with Crippen LogP contribution in [0.15, 0.2) is 40.9 Å². The van der Waals surface area contributed by atoms with E-state index in [0.29, 0.717) is 15.2 Å². The van der Waals surface area contributed by atoms with Crippen LogP contribution in [-0.2, 0) is 0 Å². The predicted octanol–water partition coefficient (Wildman–Crippen LogP) is 4.50. The lowest BCUT2D eigenvalue weighted by atomic mass is 10.1. The number of nitrogens with one attached hydrogen (secondary N) is 1. The first kappa shape index (κ1) is 14.8. The van der Waals surface area contributed by atoms with Crippen LogP contribution < -0.4 is 10.1 Å². The van der Waals surface area contributed by atoms with Gasteiger partial charge < -0.3 is 10.1 Å². The van der Waals surface area contributed by atoms with E-state index in [-0.39, 0.29) is 11.3 Å². The fourth-order valence-corrected chi connectivity index (χ4v) is 2.09. The number of carbonyl (C=O) groups is 1. The molecule has 0 radical (unpaired) electrons. The smallest absolute Gasteiger partial charge is 0.262 e. The minimum Gasteiger partial charge on any atom is -0.496 e. The molecule has 0 unspecified atom stereocenters. The third-order valence-corrected chi connectivity index (χ3v) is 3.83. The summed E-state index contributed by atoms with van der Waals surface area (Å²) in [5, 5.41) is 3.03. The Morgan fingerprint density at radius 2 is 2.10 bits per heavy atom. The summed E-state index contributed by atoms with van der Waals surface area (Å²) in [5.41, 5.74) is 0.322. The van der Waals surface area contributed by atoms with Gasteiger partial charge in [0.1, 0.15) is 17.1 Å². The number of carbonyl (C=O) groups excluding carboxylic acids is 1. The van der Waals surface area contributed by atoms with Gasteiger partial charge in [-0.15, -0.1) is 0 Å². The molecule has 0 aliphatic rings. The van der Waals surface area contributed by atoms with Crippen molar-refractivity contribution in [3.8, 4) is 5.75 Å². The molecule has 1 amide bonds. The molecule has 0 aliphatic carbocycles. The topological polar surface area (TPSA) is 38.3 Å². The van der Waals surface area contributed by atoms with Crippen molar-refractivity contribution in [3.05, 3.63) is 57.3 Å². The number of halogens is 3. The van der Waals surface area contributed by atoms with Crippen LogP contribution in [-0.4, -0.2) is 13.0 Å². The Morgan fingerprint density at radius 1 is 1.35 bits per heavy atom. The van der Waals surface area contributed by atoms with E-state index in [4.69, 9.17) is 16.3 Å². The Bertz CT molecular complexity index is 664. The summed E-state index contributed by atoms with van der Waals surface area (Å²) in [4.78, 5) is 12.1. The first-order valence-corrected chi connectivity index (χ1v) is 6.79. The number of methoxy groups -OCH3 is 1. The maximum absolute atomic E-state index is 13.8. The van der Waals surface area contributed by atoms with E-state index in [1.54, 1.807) is 18.2 Å². The largest absolute Gasteiger partial charge is 0.496 e. The highest BCUT2D eigenvalue weighted by molar-refractivity contribution is 9.10. The molecular weight excluding hydrogens is 349 g/mol. The zero-order valence-corrected chi connectivity index (χ0v) is 12.8. The van der Waals surface area contributed by atoms with Gasteiger partial charge in [-0.3, -0.25) is 4.79 Å². The summed E-state index contributed by atoms with van der Waals surface area (Å²) in [6, 6.07) is 9.11. The normalized spacial score (nSPS) is 10.2. The van der Waals surface area contributed by atoms with E-state index in [0.717, 1.165) is 0 Å². The van der Waals surface area contributed by atoms with Crippen LogP contribution in [0.3, 0.4) is 0 Å². The highest BCUT2D eigenvalue weighted by Crippen LogP contribution is 2.27. The van der Waals surface area contributed by atoms with Crippen LogP contribution in [0.4, 0.5) is 10.1 Å². The monoisotopic (exact) mass is 357 g/mol. The summed E-state index contributed by atoms with van der Waals surface area (Å²) in [6.45, 7) is 0. The highest BCUT2D eigenvalue weighted by Gasteiger charge is 2.17. The molecule has 0 saturated heterocycles. The van der Waals surface area contributed by atoms with E-state index in [1.807, 2.05) is 0 Å². The standard InChI is InChI=1S/C14H10BrClFNO2/c1-20-12-4-2-3-11(17)13(12)14(19)18-8-5-6-9(15)10(16)7-8/h2-7H,1H3,(H,18,19). The lowest BCUT2D eigenvalue weighted by Crippen LogP contribution is -2.15. The number of amides is 1. The molecule has 0 saturated carbocycles. The second kappa shape index (κ2) is 6.24. The Morgan fingerprint density at radius 3 is 2.75 bits per heavy atom. The van der Waals surface area contributed by atoms with Crippen LogP contribution in [0, 0.1) is 5.82 Å². The van der Waals surface area contributed by atoms with Crippen molar-refractivity contribution in [2.45, 2.75) is 0 Å². The number of hydrogen-bond acceptors (Lipinski definition) is 2. The van der Waals surface area contributed by atoms with Gasteiger partial charge in [-0.05, 0) is 46.3 Å².